The molecule has 0 saturated heterocycles. The van der Waals surface area contributed by atoms with E-state index in [1.54, 1.807) is 7.11 Å². The molecule has 0 amide bonds. The van der Waals surface area contributed by atoms with E-state index in [0.29, 0.717) is 6.54 Å². The van der Waals surface area contributed by atoms with Crippen LogP contribution in [0.25, 0.3) is 11.4 Å². The topological polar surface area (TPSA) is 61.0 Å². The lowest BCUT2D eigenvalue weighted by Gasteiger charge is -2.11. The Balaban J connectivity index is 2.39. The summed E-state index contributed by atoms with van der Waals surface area (Å²) in [6.07, 6.45) is 1.89. The molecule has 1 aromatic heterocycles. The molecule has 0 saturated carbocycles. The van der Waals surface area contributed by atoms with Crippen molar-refractivity contribution in [2.24, 2.45) is 5.73 Å². The van der Waals surface area contributed by atoms with Gasteiger partial charge in [-0.3, -0.25) is 0 Å². The lowest BCUT2D eigenvalue weighted by atomic mass is 10.1. The number of ether oxygens (including phenoxy) is 1. The fourth-order valence-electron chi connectivity index (χ4n) is 2.31. The second-order valence-electron chi connectivity index (χ2n) is 4.94. The number of benzene rings is 1. The van der Waals surface area contributed by atoms with E-state index in [2.05, 4.69) is 25.9 Å². The summed E-state index contributed by atoms with van der Waals surface area (Å²) in [5, 5.41) is 0. The highest BCUT2D eigenvalue weighted by Gasteiger charge is 2.11. The number of methoxy groups -OCH3 is 1. The third-order valence-corrected chi connectivity index (χ3v) is 4.08. The van der Waals surface area contributed by atoms with Crippen LogP contribution in [-0.4, -0.2) is 23.6 Å². The van der Waals surface area contributed by atoms with Crippen LogP contribution in [0.3, 0.4) is 0 Å². The average Bonchev–Trinajstić information content (AvgIpc) is 2.46. The lowest BCUT2D eigenvalue weighted by Crippen LogP contribution is -2.06. The van der Waals surface area contributed by atoms with Crippen molar-refractivity contribution in [2.45, 2.75) is 26.7 Å². The summed E-state index contributed by atoms with van der Waals surface area (Å²) in [5.74, 6) is 1.54. The van der Waals surface area contributed by atoms with E-state index in [9.17, 15) is 0 Å². The van der Waals surface area contributed by atoms with Gasteiger partial charge in [-0.1, -0.05) is 0 Å². The van der Waals surface area contributed by atoms with Crippen LogP contribution in [0.2, 0.25) is 0 Å². The third-order valence-electron chi connectivity index (χ3n) is 3.46. The van der Waals surface area contributed by atoms with Crippen LogP contribution in [0.4, 0.5) is 0 Å². The van der Waals surface area contributed by atoms with E-state index < -0.39 is 0 Å². The van der Waals surface area contributed by atoms with E-state index in [0.717, 1.165) is 45.8 Å². The summed E-state index contributed by atoms with van der Waals surface area (Å²) in [4.78, 5) is 9.28. The number of aryl methyl sites for hydroxylation is 2. The number of nitrogens with two attached hydrogens (primary N) is 1. The Morgan fingerprint density at radius 3 is 2.38 bits per heavy atom. The van der Waals surface area contributed by atoms with Crippen LogP contribution in [-0.2, 0) is 6.42 Å². The van der Waals surface area contributed by atoms with Gasteiger partial charge in [0.2, 0.25) is 0 Å². The second kappa shape index (κ2) is 7.00. The van der Waals surface area contributed by atoms with Crippen molar-refractivity contribution in [3.63, 3.8) is 0 Å². The van der Waals surface area contributed by atoms with Gasteiger partial charge in [0, 0.05) is 17.0 Å². The summed E-state index contributed by atoms with van der Waals surface area (Å²) in [6.45, 7) is 4.75. The highest BCUT2D eigenvalue weighted by molar-refractivity contribution is 9.10. The van der Waals surface area contributed by atoms with Gasteiger partial charge < -0.3 is 10.5 Å². The van der Waals surface area contributed by atoms with Gasteiger partial charge in [-0.05, 0) is 72.9 Å². The van der Waals surface area contributed by atoms with Crippen LogP contribution in [0.5, 0.6) is 5.75 Å². The maximum absolute atomic E-state index is 5.58. The van der Waals surface area contributed by atoms with Crippen molar-refractivity contribution < 1.29 is 4.74 Å². The predicted molar refractivity (Wildman–Crippen MR) is 88.6 cm³/mol. The minimum absolute atomic E-state index is 0.687. The van der Waals surface area contributed by atoms with E-state index in [1.165, 1.54) is 5.56 Å². The first kappa shape index (κ1) is 15.9. The van der Waals surface area contributed by atoms with Gasteiger partial charge in [-0.25, -0.2) is 9.97 Å². The summed E-state index contributed by atoms with van der Waals surface area (Å²) >= 11 is 3.50. The normalized spacial score (nSPS) is 10.7. The van der Waals surface area contributed by atoms with Gasteiger partial charge in [0.25, 0.3) is 0 Å². The van der Waals surface area contributed by atoms with Crippen LogP contribution >= 0.6 is 15.9 Å². The summed E-state index contributed by atoms with van der Waals surface area (Å²) < 4.78 is 6.14. The first-order valence-electron chi connectivity index (χ1n) is 6.95. The number of nitrogens with zero attached hydrogens (tertiary/aromatic N) is 2. The molecule has 0 aliphatic carbocycles. The molecule has 0 bridgehead atoms. The summed E-state index contributed by atoms with van der Waals surface area (Å²) in [6, 6.07) is 5.86. The van der Waals surface area contributed by atoms with Gasteiger partial charge in [-0.2, -0.15) is 0 Å². The van der Waals surface area contributed by atoms with Crippen LogP contribution in [0.15, 0.2) is 22.7 Å². The molecular formula is C16H20BrN3O. The lowest BCUT2D eigenvalue weighted by molar-refractivity contribution is 0.412. The zero-order chi connectivity index (χ0) is 15.4. The van der Waals surface area contributed by atoms with E-state index in [1.807, 2.05) is 32.0 Å². The maximum Gasteiger partial charge on any atom is 0.159 e. The molecule has 2 aromatic rings. The molecule has 1 aromatic carbocycles. The molecule has 0 spiro atoms. The van der Waals surface area contributed by atoms with Crippen molar-refractivity contribution in [3.8, 4) is 17.1 Å². The van der Waals surface area contributed by atoms with Crippen LogP contribution in [0.1, 0.15) is 23.4 Å². The zero-order valence-electron chi connectivity index (χ0n) is 12.6. The SMILES string of the molecule is COc1ccc(-c2nc(C)c(CCCN)c(C)n2)cc1Br. The number of halogens is 1. The van der Waals surface area contributed by atoms with Crippen molar-refractivity contribution >= 4 is 15.9 Å². The quantitative estimate of drug-likeness (QED) is 0.898. The monoisotopic (exact) mass is 349 g/mol. The molecule has 0 atom stereocenters. The highest BCUT2D eigenvalue weighted by atomic mass is 79.9. The Morgan fingerprint density at radius 1 is 1.19 bits per heavy atom. The Kier molecular flexibility index (Phi) is 5.31. The van der Waals surface area contributed by atoms with Crippen molar-refractivity contribution in [2.75, 3.05) is 13.7 Å². The van der Waals surface area contributed by atoms with E-state index in [4.69, 9.17) is 10.5 Å². The highest BCUT2D eigenvalue weighted by Crippen LogP contribution is 2.29. The number of hydrogen-bond donors (Lipinski definition) is 1. The molecule has 21 heavy (non-hydrogen) atoms. The average molecular weight is 350 g/mol. The van der Waals surface area contributed by atoms with Gasteiger partial charge in [0.05, 0.1) is 11.6 Å². The minimum Gasteiger partial charge on any atom is -0.496 e. The van der Waals surface area contributed by atoms with E-state index >= 15 is 0 Å². The van der Waals surface area contributed by atoms with Crippen molar-refractivity contribution in [1.29, 1.82) is 0 Å². The molecule has 0 fully saturated rings. The minimum atomic E-state index is 0.687. The number of hydrogen-bond acceptors (Lipinski definition) is 4. The van der Waals surface area contributed by atoms with Gasteiger partial charge in [0.1, 0.15) is 5.75 Å². The molecule has 0 unspecified atom stereocenters. The van der Waals surface area contributed by atoms with Gasteiger partial charge >= 0.3 is 0 Å². The molecule has 1 heterocycles. The maximum atomic E-state index is 5.58. The molecular weight excluding hydrogens is 330 g/mol. The molecule has 0 radical (unpaired) electrons. The standard InChI is InChI=1S/C16H20BrN3O/c1-10-13(5-4-8-18)11(2)20-16(19-10)12-6-7-15(21-3)14(17)9-12/h6-7,9H,4-5,8,18H2,1-3H3. The largest absolute Gasteiger partial charge is 0.496 e. The Hall–Kier alpha value is -1.46. The molecule has 0 aliphatic heterocycles. The van der Waals surface area contributed by atoms with E-state index in [-0.39, 0.29) is 0 Å². The molecule has 2 N–H and O–H groups in total. The predicted octanol–water partition coefficient (Wildman–Crippen LogP) is 3.42. The smallest absolute Gasteiger partial charge is 0.159 e. The zero-order valence-corrected chi connectivity index (χ0v) is 14.2. The van der Waals surface area contributed by atoms with Gasteiger partial charge in [0.15, 0.2) is 5.82 Å². The molecule has 2 rings (SSSR count). The Morgan fingerprint density at radius 2 is 1.86 bits per heavy atom. The molecule has 0 aliphatic rings. The summed E-state index contributed by atoms with van der Waals surface area (Å²) in [7, 11) is 1.65. The van der Waals surface area contributed by atoms with Gasteiger partial charge in [-0.15, -0.1) is 0 Å². The molecule has 4 nitrogen and oxygen atoms in total. The molecule has 112 valence electrons. The fourth-order valence-corrected chi connectivity index (χ4v) is 2.86. The van der Waals surface area contributed by atoms with Crippen LogP contribution < -0.4 is 10.5 Å². The fraction of sp³-hybridized carbons (Fsp3) is 0.375. The van der Waals surface area contributed by atoms with Crippen molar-refractivity contribution in [3.05, 3.63) is 39.6 Å². The Bertz CT molecular complexity index is 620. The second-order valence-corrected chi connectivity index (χ2v) is 5.79. The number of aromatic nitrogens is 2. The van der Waals surface area contributed by atoms with Crippen LogP contribution in [0, 0.1) is 13.8 Å². The summed E-state index contributed by atoms with van der Waals surface area (Å²) in [5.41, 5.74) is 9.81. The first-order valence-corrected chi connectivity index (χ1v) is 7.74. The van der Waals surface area contributed by atoms with Crippen molar-refractivity contribution in [1.82, 2.24) is 9.97 Å². The first-order chi connectivity index (χ1) is 10.1. The number of rotatable bonds is 5. The molecule has 5 heteroatoms. The Labute approximate surface area is 133 Å². The third kappa shape index (κ3) is 3.60.